The van der Waals surface area contributed by atoms with Crippen LogP contribution in [0.5, 0.6) is 11.5 Å². The molecular formula is C21H17N3O5S. The van der Waals surface area contributed by atoms with Gasteiger partial charge in [0.2, 0.25) is 5.91 Å². The Kier molecular flexibility index (Phi) is 5.36. The first-order valence-corrected chi connectivity index (χ1v) is 9.73. The summed E-state index contributed by atoms with van der Waals surface area (Å²) in [4.78, 5) is 30.6. The number of hydrogen-bond donors (Lipinski definition) is 2. The Hall–Kier alpha value is -3.85. The first-order chi connectivity index (χ1) is 14.6. The van der Waals surface area contributed by atoms with Gasteiger partial charge in [0, 0.05) is 17.0 Å². The van der Waals surface area contributed by atoms with E-state index in [2.05, 4.69) is 15.3 Å². The van der Waals surface area contributed by atoms with Gasteiger partial charge in [0.25, 0.3) is 0 Å². The number of thiazole rings is 1. The molecule has 0 radical (unpaired) electrons. The molecule has 0 aliphatic heterocycles. The summed E-state index contributed by atoms with van der Waals surface area (Å²) in [7, 11) is 3.12. The summed E-state index contributed by atoms with van der Waals surface area (Å²) in [6.07, 6.45) is 3.09. The highest BCUT2D eigenvalue weighted by Crippen LogP contribution is 2.29. The van der Waals surface area contributed by atoms with Crippen LogP contribution in [0.15, 0.2) is 57.1 Å². The molecule has 2 N–H and O–H groups in total. The van der Waals surface area contributed by atoms with Gasteiger partial charge in [-0.05, 0) is 35.9 Å². The van der Waals surface area contributed by atoms with Gasteiger partial charge in [-0.25, -0.2) is 9.78 Å². The maximum Gasteiger partial charge on any atom is 0.417 e. The number of H-pyrrole nitrogens is 1. The molecule has 1 amide bonds. The van der Waals surface area contributed by atoms with Crippen LogP contribution in [0.1, 0.15) is 5.56 Å². The Morgan fingerprint density at radius 3 is 2.80 bits per heavy atom. The van der Waals surface area contributed by atoms with E-state index in [1.165, 1.54) is 17.4 Å². The van der Waals surface area contributed by atoms with Crippen LogP contribution in [-0.2, 0) is 4.79 Å². The molecule has 0 saturated heterocycles. The number of aromatic nitrogens is 2. The van der Waals surface area contributed by atoms with Gasteiger partial charge in [-0.1, -0.05) is 12.1 Å². The number of carbonyl (C=O) groups is 1. The van der Waals surface area contributed by atoms with Crippen molar-refractivity contribution in [3.8, 4) is 22.8 Å². The van der Waals surface area contributed by atoms with Crippen molar-refractivity contribution in [3.63, 3.8) is 0 Å². The lowest BCUT2D eigenvalue weighted by molar-refractivity contribution is -0.111. The van der Waals surface area contributed by atoms with Gasteiger partial charge >= 0.3 is 5.76 Å². The number of oxazole rings is 1. The van der Waals surface area contributed by atoms with Crippen molar-refractivity contribution < 1.29 is 18.7 Å². The predicted molar refractivity (Wildman–Crippen MR) is 115 cm³/mol. The molecule has 2 aromatic carbocycles. The number of ether oxygens (including phenoxy) is 2. The highest BCUT2D eigenvalue weighted by molar-refractivity contribution is 7.14. The smallest absolute Gasteiger partial charge is 0.417 e. The third-order valence-electron chi connectivity index (χ3n) is 4.29. The number of nitrogens with zero attached hydrogens (tertiary/aromatic N) is 1. The second kappa shape index (κ2) is 8.26. The zero-order valence-corrected chi connectivity index (χ0v) is 16.9. The van der Waals surface area contributed by atoms with Crippen molar-refractivity contribution in [2.75, 3.05) is 19.5 Å². The highest BCUT2D eigenvalue weighted by Gasteiger charge is 2.09. The first kappa shape index (κ1) is 19.5. The largest absolute Gasteiger partial charge is 0.493 e. The zero-order chi connectivity index (χ0) is 21.1. The Morgan fingerprint density at radius 2 is 2.00 bits per heavy atom. The Morgan fingerprint density at radius 1 is 1.17 bits per heavy atom. The fourth-order valence-electron chi connectivity index (χ4n) is 2.84. The number of amides is 1. The summed E-state index contributed by atoms with van der Waals surface area (Å²) in [5, 5.41) is 5.02. The third kappa shape index (κ3) is 4.11. The lowest BCUT2D eigenvalue weighted by Gasteiger charge is -2.07. The molecule has 2 heterocycles. The van der Waals surface area contributed by atoms with Gasteiger partial charge in [0.1, 0.15) is 0 Å². The van der Waals surface area contributed by atoms with E-state index in [1.807, 2.05) is 17.5 Å². The molecule has 30 heavy (non-hydrogen) atoms. The number of anilines is 1. The second-order valence-corrected chi connectivity index (χ2v) is 7.06. The third-order valence-corrected chi connectivity index (χ3v) is 5.04. The molecule has 9 heteroatoms. The highest BCUT2D eigenvalue weighted by atomic mass is 32.1. The van der Waals surface area contributed by atoms with Crippen molar-refractivity contribution in [1.82, 2.24) is 9.97 Å². The molecule has 0 aliphatic carbocycles. The summed E-state index contributed by atoms with van der Waals surface area (Å²) >= 11 is 1.30. The summed E-state index contributed by atoms with van der Waals surface area (Å²) in [6, 6.07) is 10.7. The molecule has 0 saturated carbocycles. The Balaban J connectivity index is 1.45. The maximum absolute atomic E-state index is 12.2. The molecule has 0 bridgehead atoms. The molecule has 0 unspecified atom stereocenters. The fourth-order valence-corrected chi connectivity index (χ4v) is 3.57. The lowest BCUT2D eigenvalue weighted by atomic mass is 10.1. The minimum Gasteiger partial charge on any atom is -0.493 e. The van der Waals surface area contributed by atoms with Crippen LogP contribution in [-0.4, -0.2) is 30.1 Å². The summed E-state index contributed by atoms with van der Waals surface area (Å²) < 4.78 is 15.5. The number of hydrogen-bond acceptors (Lipinski definition) is 7. The van der Waals surface area contributed by atoms with Crippen molar-refractivity contribution in [2.45, 2.75) is 0 Å². The van der Waals surface area contributed by atoms with E-state index < -0.39 is 5.76 Å². The van der Waals surface area contributed by atoms with Crippen molar-refractivity contribution in [3.05, 3.63) is 64.0 Å². The standard InChI is InChI=1S/C21H17N3O5S/c1-27-16-7-3-12(9-18(16)28-2)4-8-19(25)24-20-22-15(11-30-20)13-5-6-14-17(10-13)29-21(26)23-14/h3-11H,1-2H3,(H,23,26)(H,22,24,25)/b8-4+. The minimum atomic E-state index is -0.505. The van der Waals surface area contributed by atoms with Crippen molar-refractivity contribution in [2.24, 2.45) is 0 Å². The summed E-state index contributed by atoms with van der Waals surface area (Å²) in [6.45, 7) is 0. The molecule has 8 nitrogen and oxygen atoms in total. The molecule has 0 spiro atoms. The van der Waals surface area contributed by atoms with E-state index in [1.54, 1.807) is 44.6 Å². The van der Waals surface area contributed by atoms with Gasteiger partial charge < -0.3 is 13.9 Å². The van der Waals surface area contributed by atoms with Crippen molar-refractivity contribution in [1.29, 1.82) is 0 Å². The number of methoxy groups -OCH3 is 2. The van der Waals surface area contributed by atoms with Gasteiger partial charge in [0.15, 0.2) is 22.2 Å². The average molecular weight is 423 g/mol. The van der Waals surface area contributed by atoms with E-state index in [-0.39, 0.29) is 5.91 Å². The van der Waals surface area contributed by atoms with E-state index >= 15 is 0 Å². The number of benzene rings is 2. The first-order valence-electron chi connectivity index (χ1n) is 8.85. The van der Waals surface area contributed by atoms with Crippen LogP contribution in [0.2, 0.25) is 0 Å². The molecule has 152 valence electrons. The monoisotopic (exact) mass is 423 g/mol. The quantitative estimate of drug-likeness (QED) is 0.456. The number of rotatable bonds is 6. The second-order valence-electron chi connectivity index (χ2n) is 6.20. The Bertz CT molecular complexity index is 1300. The molecule has 4 rings (SSSR count). The molecule has 4 aromatic rings. The topological polar surface area (TPSA) is 106 Å². The molecular weight excluding hydrogens is 406 g/mol. The lowest BCUT2D eigenvalue weighted by Crippen LogP contribution is -2.07. The van der Waals surface area contributed by atoms with Crippen LogP contribution in [0, 0.1) is 0 Å². The number of nitrogens with one attached hydrogen (secondary N) is 2. The SMILES string of the molecule is COc1ccc(/C=C/C(=O)Nc2nc(-c3ccc4[nH]c(=O)oc4c3)cs2)cc1OC. The minimum absolute atomic E-state index is 0.308. The Labute approximate surface area is 174 Å². The van der Waals surface area contributed by atoms with E-state index in [0.29, 0.717) is 33.4 Å². The van der Waals surface area contributed by atoms with Gasteiger partial charge in [-0.15, -0.1) is 11.3 Å². The predicted octanol–water partition coefficient (Wildman–Crippen LogP) is 3.91. The van der Waals surface area contributed by atoms with E-state index in [9.17, 15) is 9.59 Å². The van der Waals surface area contributed by atoms with E-state index in [0.717, 1.165) is 11.1 Å². The van der Waals surface area contributed by atoms with Crippen LogP contribution in [0.25, 0.3) is 28.4 Å². The number of aromatic amines is 1. The van der Waals surface area contributed by atoms with Gasteiger partial charge in [0.05, 0.1) is 25.4 Å². The van der Waals surface area contributed by atoms with Gasteiger partial charge in [-0.2, -0.15) is 0 Å². The number of fused-ring (bicyclic) bond motifs is 1. The summed E-state index contributed by atoms with van der Waals surface area (Å²) in [5.74, 6) is 0.388. The van der Waals surface area contributed by atoms with Gasteiger partial charge in [-0.3, -0.25) is 15.1 Å². The van der Waals surface area contributed by atoms with Crippen LogP contribution in [0.4, 0.5) is 5.13 Å². The fraction of sp³-hybridized carbons (Fsp3) is 0.0952. The maximum atomic E-state index is 12.2. The molecule has 0 aliphatic rings. The average Bonchev–Trinajstić information content (AvgIpc) is 3.36. The van der Waals surface area contributed by atoms with Crippen LogP contribution >= 0.6 is 11.3 Å². The molecule has 2 aromatic heterocycles. The van der Waals surface area contributed by atoms with Crippen molar-refractivity contribution >= 4 is 39.6 Å². The number of carbonyl (C=O) groups excluding carboxylic acids is 1. The normalized spacial score (nSPS) is 11.1. The molecule has 0 fully saturated rings. The summed E-state index contributed by atoms with van der Waals surface area (Å²) in [5.41, 5.74) is 3.32. The van der Waals surface area contributed by atoms with Crippen LogP contribution in [0.3, 0.4) is 0 Å². The zero-order valence-electron chi connectivity index (χ0n) is 16.1. The molecule has 0 atom stereocenters. The van der Waals surface area contributed by atoms with Crippen LogP contribution < -0.4 is 20.5 Å². The van der Waals surface area contributed by atoms with E-state index in [4.69, 9.17) is 13.9 Å².